The molecule has 3 N–H and O–H groups in total. The van der Waals surface area contributed by atoms with Crippen molar-refractivity contribution in [1.82, 2.24) is 4.98 Å². The largest absolute Gasteiger partial charge is 0.490 e. The summed E-state index contributed by atoms with van der Waals surface area (Å²) in [6.45, 7) is 8.47. The monoisotopic (exact) mass is 488 g/mol. The molecule has 0 saturated heterocycles. The molecular formula is C25H29ClN2O4S. The van der Waals surface area contributed by atoms with Crippen LogP contribution in [0.5, 0.6) is 5.75 Å². The van der Waals surface area contributed by atoms with Gasteiger partial charge in [0.2, 0.25) is 0 Å². The smallest absolute Gasteiger partial charge is 0.307 e. The molecule has 3 aromatic rings. The van der Waals surface area contributed by atoms with Crippen LogP contribution in [0, 0.1) is 6.92 Å². The number of carboxylic acid groups (broad SMARTS) is 1. The third kappa shape index (κ3) is 5.42. The molecule has 0 bridgehead atoms. The molecule has 2 aromatic carbocycles. The quantitative estimate of drug-likeness (QED) is 0.416. The predicted octanol–water partition coefficient (Wildman–Crippen LogP) is 6.01. The number of aryl methyl sites for hydroxylation is 1. The Kier molecular flexibility index (Phi) is 6.58. The zero-order valence-electron chi connectivity index (χ0n) is 19.3. The molecule has 1 fully saturated rings. The Bertz CT molecular complexity index is 1210. The van der Waals surface area contributed by atoms with Crippen LogP contribution in [0.4, 0.5) is 5.69 Å². The summed E-state index contributed by atoms with van der Waals surface area (Å²) in [5.74, 6) is 0.417. The van der Waals surface area contributed by atoms with Crippen LogP contribution in [-0.4, -0.2) is 39.9 Å². The molecule has 2 heterocycles. The minimum Gasteiger partial charge on any atom is -0.490 e. The molecule has 8 heteroatoms. The fourth-order valence-corrected chi connectivity index (χ4v) is 5.41. The minimum atomic E-state index is -0.855. The van der Waals surface area contributed by atoms with Gasteiger partial charge in [-0.05, 0) is 69.9 Å². The van der Waals surface area contributed by atoms with Crippen molar-refractivity contribution in [2.75, 3.05) is 18.5 Å². The van der Waals surface area contributed by atoms with Crippen LogP contribution in [0.3, 0.4) is 0 Å². The number of ether oxygens (including phenoxy) is 1. The first-order valence-corrected chi connectivity index (χ1v) is 12.3. The van der Waals surface area contributed by atoms with Gasteiger partial charge in [0.1, 0.15) is 12.4 Å². The average Bonchev–Trinajstić information content (AvgIpc) is 3.48. The van der Waals surface area contributed by atoms with Gasteiger partial charge in [-0.2, -0.15) is 0 Å². The maximum absolute atomic E-state index is 11.6. The SMILES string of the molecule is CC(C)(C)O.Cc1cc2nc(C3CC3)sc2c(-c2ccc3c(c2Cl)NCCO3)c1CC(=O)O. The molecule has 0 spiro atoms. The van der Waals surface area contributed by atoms with Crippen molar-refractivity contribution in [3.63, 3.8) is 0 Å². The highest BCUT2D eigenvalue weighted by atomic mass is 35.5. The van der Waals surface area contributed by atoms with Crippen LogP contribution < -0.4 is 10.1 Å². The molecule has 6 nitrogen and oxygen atoms in total. The Labute approximate surface area is 202 Å². The van der Waals surface area contributed by atoms with E-state index in [1.165, 1.54) is 12.8 Å². The lowest BCUT2D eigenvalue weighted by molar-refractivity contribution is -0.136. The Balaban J connectivity index is 0.000000471. The van der Waals surface area contributed by atoms with Gasteiger partial charge in [-0.3, -0.25) is 4.79 Å². The molecule has 1 aliphatic carbocycles. The summed E-state index contributed by atoms with van der Waals surface area (Å²) in [7, 11) is 0. The van der Waals surface area contributed by atoms with Gasteiger partial charge < -0.3 is 20.3 Å². The van der Waals surface area contributed by atoms with Crippen molar-refractivity contribution in [2.45, 2.75) is 58.5 Å². The molecule has 1 aromatic heterocycles. The number of halogens is 1. The molecule has 0 radical (unpaired) electrons. The second kappa shape index (κ2) is 9.12. The van der Waals surface area contributed by atoms with Crippen molar-refractivity contribution in [1.29, 1.82) is 0 Å². The van der Waals surface area contributed by atoms with E-state index in [9.17, 15) is 9.90 Å². The lowest BCUT2D eigenvalue weighted by Crippen LogP contribution is -2.18. The third-order valence-corrected chi connectivity index (χ3v) is 6.96. The first-order chi connectivity index (χ1) is 15.5. The van der Waals surface area contributed by atoms with Crippen LogP contribution >= 0.6 is 22.9 Å². The second-order valence-corrected chi connectivity index (χ2v) is 10.9. The summed E-state index contributed by atoms with van der Waals surface area (Å²) in [6, 6.07) is 5.85. The topological polar surface area (TPSA) is 91.7 Å². The van der Waals surface area contributed by atoms with E-state index in [-0.39, 0.29) is 6.42 Å². The average molecular weight is 489 g/mol. The molecule has 5 rings (SSSR count). The molecule has 0 unspecified atom stereocenters. The van der Waals surface area contributed by atoms with Crippen LogP contribution in [0.15, 0.2) is 18.2 Å². The van der Waals surface area contributed by atoms with E-state index in [0.29, 0.717) is 24.1 Å². The van der Waals surface area contributed by atoms with Gasteiger partial charge in [0.15, 0.2) is 0 Å². The number of fused-ring (bicyclic) bond motifs is 2. The lowest BCUT2D eigenvalue weighted by atomic mass is 9.92. The first kappa shape index (κ1) is 23.8. The molecule has 0 atom stereocenters. The standard InChI is InChI=1S/C21H19ClN2O3S.C4H10O/c1-10-8-14-20(28-21(24-14)11-2-3-11)17(13(10)9-16(25)26)12-4-5-15-19(18(12)22)23-6-7-27-15;1-4(2,3)5/h4-5,8,11,23H,2-3,6-7,9H2,1H3,(H,25,26);5H,1-3H3. The van der Waals surface area contributed by atoms with Gasteiger partial charge in [0.05, 0.1) is 38.0 Å². The number of carboxylic acids is 1. The van der Waals surface area contributed by atoms with Crippen molar-refractivity contribution in [2.24, 2.45) is 0 Å². The number of aliphatic carboxylic acids is 1. The number of benzene rings is 2. The highest BCUT2D eigenvalue weighted by Crippen LogP contribution is 2.49. The van der Waals surface area contributed by atoms with E-state index in [1.54, 1.807) is 32.1 Å². The molecule has 0 amide bonds. The molecule has 33 heavy (non-hydrogen) atoms. The zero-order valence-corrected chi connectivity index (χ0v) is 20.9. The fraction of sp³-hybridized carbons (Fsp3) is 0.440. The van der Waals surface area contributed by atoms with Gasteiger partial charge in [-0.1, -0.05) is 11.6 Å². The minimum absolute atomic E-state index is 0.0505. The highest BCUT2D eigenvalue weighted by Gasteiger charge is 2.29. The van der Waals surface area contributed by atoms with E-state index < -0.39 is 11.6 Å². The van der Waals surface area contributed by atoms with Crippen LogP contribution in [-0.2, 0) is 11.2 Å². The summed E-state index contributed by atoms with van der Waals surface area (Å²) in [6.07, 6.45) is 2.30. The van der Waals surface area contributed by atoms with Crippen molar-refractivity contribution in [3.8, 4) is 16.9 Å². The van der Waals surface area contributed by atoms with E-state index in [2.05, 4.69) is 5.32 Å². The number of aliphatic hydroxyl groups is 1. The number of hydrogen-bond acceptors (Lipinski definition) is 6. The molecule has 2 aliphatic rings. The molecule has 1 aliphatic heterocycles. The summed E-state index contributed by atoms with van der Waals surface area (Å²) >= 11 is 8.47. The number of nitrogens with one attached hydrogen (secondary N) is 1. The number of nitrogens with zero attached hydrogens (tertiary/aromatic N) is 1. The van der Waals surface area contributed by atoms with Crippen molar-refractivity contribution >= 4 is 44.8 Å². The maximum Gasteiger partial charge on any atom is 0.307 e. The summed E-state index contributed by atoms with van der Waals surface area (Å²) < 4.78 is 6.71. The molecular weight excluding hydrogens is 460 g/mol. The van der Waals surface area contributed by atoms with Gasteiger partial charge >= 0.3 is 5.97 Å². The van der Waals surface area contributed by atoms with Crippen molar-refractivity contribution in [3.05, 3.63) is 39.4 Å². The Morgan fingerprint density at radius 1 is 1.33 bits per heavy atom. The Morgan fingerprint density at radius 3 is 2.67 bits per heavy atom. The summed E-state index contributed by atoms with van der Waals surface area (Å²) in [5, 5.41) is 23.1. The number of carbonyl (C=O) groups is 1. The van der Waals surface area contributed by atoms with E-state index >= 15 is 0 Å². The van der Waals surface area contributed by atoms with Crippen LogP contribution in [0.25, 0.3) is 21.3 Å². The first-order valence-electron chi connectivity index (χ1n) is 11.1. The number of thiazole rings is 1. The maximum atomic E-state index is 11.6. The number of aromatic nitrogens is 1. The van der Waals surface area contributed by atoms with Gasteiger partial charge in [0.25, 0.3) is 0 Å². The van der Waals surface area contributed by atoms with E-state index in [4.69, 9.17) is 26.4 Å². The molecule has 1 saturated carbocycles. The number of anilines is 1. The molecule has 176 valence electrons. The predicted molar refractivity (Wildman–Crippen MR) is 134 cm³/mol. The van der Waals surface area contributed by atoms with E-state index in [0.717, 1.165) is 48.9 Å². The van der Waals surface area contributed by atoms with E-state index in [1.807, 2.05) is 25.1 Å². The lowest BCUT2D eigenvalue weighted by Gasteiger charge is -2.22. The second-order valence-electron chi connectivity index (χ2n) is 9.54. The number of hydrogen-bond donors (Lipinski definition) is 3. The van der Waals surface area contributed by atoms with Gasteiger partial charge in [0, 0.05) is 23.6 Å². The van der Waals surface area contributed by atoms with Crippen LogP contribution in [0.1, 0.15) is 55.7 Å². The number of rotatable bonds is 4. The Morgan fingerprint density at radius 2 is 2.03 bits per heavy atom. The van der Waals surface area contributed by atoms with Crippen molar-refractivity contribution < 1.29 is 19.7 Å². The Hall–Kier alpha value is -2.35. The van der Waals surface area contributed by atoms with Gasteiger partial charge in [-0.15, -0.1) is 11.3 Å². The highest BCUT2D eigenvalue weighted by molar-refractivity contribution is 7.19. The summed E-state index contributed by atoms with van der Waals surface area (Å²) in [5.41, 5.74) is 4.64. The fourth-order valence-electron chi connectivity index (χ4n) is 3.79. The van der Waals surface area contributed by atoms with Gasteiger partial charge in [-0.25, -0.2) is 4.98 Å². The summed E-state index contributed by atoms with van der Waals surface area (Å²) in [4.78, 5) is 16.5. The third-order valence-electron chi connectivity index (χ3n) is 5.32. The zero-order chi connectivity index (χ0) is 23.9. The van der Waals surface area contributed by atoms with Crippen LogP contribution in [0.2, 0.25) is 5.02 Å². The normalized spacial score (nSPS) is 15.2.